The average molecular weight is 608 g/mol. The molecule has 1 saturated heterocycles. The van der Waals surface area contributed by atoms with Crippen LogP contribution in [0.25, 0.3) is 6.08 Å². The summed E-state index contributed by atoms with van der Waals surface area (Å²) in [6.45, 7) is 0.395. The standard InChI is InChI=1S/C27H21Cl3N2O4S2/c1-35-21-14-18(15-22-24(34)32(26(37)38-22)16-17-8-4-2-5-9-17)12-13-20(21)36-25(27(28,29)30)31-23(33)19-10-6-3-7-11-19/h2-15,25H,16H2,1H3,(H,31,33)/b22-15-/t25-/m0/s1. The summed E-state index contributed by atoms with van der Waals surface area (Å²) in [4.78, 5) is 27.7. The zero-order valence-electron chi connectivity index (χ0n) is 19.9. The fourth-order valence-electron chi connectivity index (χ4n) is 3.52. The number of carbonyl (C=O) groups excluding carboxylic acids is 2. The summed E-state index contributed by atoms with van der Waals surface area (Å²) < 4.78 is 9.84. The van der Waals surface area contributed by atoms with Crippen molar-refractivity contribution >= 4 is 81.0 Å². The van der Waals surface area contributed by atoms with Gasteiger partial charge in [0.1, 0.15) is 4.32 Å². The van der Waals surface area contributed by atoms with Crippen molar-refractivity contribution in [2.75, 3.05) is 7.11 Å². The number of methoxy groups -OCH3 is 1. The molecule has 3 aromatic rings. The van der Waals surface area contributed by atoms with Crippen LogP contribution in [0.1, 0.15) is 21.5 Å². The maximum Gasteiger partial charge on any atom is 0.266 e. The lowest BCUT2D eigenvalue weighted by Crippen LogP contribution is -2.47. The van der Waals surface area contributed by atoms with Crippen molar-refractivity contribution < 1.29 is 19.1 Å². The summed E-state index contributed by atoms with van der Waals surface area (Å²) >= 11 is 25.0. The number of rotatable bonds is 8. The van der Waals surface area contributed by atoms with Gasteiger partial charge in [0.15, 0.2) is 11.5 Å². The number of thioether (sulfide) groups is 1. The van der Waals surface area contributed by atoms with Gasteiger partial charge in [0.25, 0.3) is 11.8 Å². The zero-order chi connectivity index (χ0) is 27.3. The number of thiocarbonyl (C=S) groups is 1. The van der Waals surface area contributed by atoms with Crippen molar-refractivity contribution in [1.29, 1.82) is 0 Å². The number of nitrogens with one attached hydrogen (secondary N) is 1. The molecule has 2 amide bonds. The summed E-state index contributed by atoms with van der Waals surface area (Å²) in [6, 6.07) is 23.1. The van der Waals surface area contributed by atoms with Crippen LogP contribution < -0.4 is 14.8 Å². The van der Waals surface area contributed by atoms with Crippen molar-refractivity contribution in [3.8, 4) is 11.5 Å². The Hall–Kier alpha value is -2.75. The van der Waals surface area contributed by atoms with Crippen LogP contribution in [0.2, 0.25) is 0 Å². The highest BCUT2D eigenvalue weighted by Gasteiger charge is 2.37. The molecule has 1 fully saturated rings. The Morgan fingerprint density at radius 3 is 2.34 bits per heavy atom. The molecule has 3 aromatic carbocycles. The Bertz CT molecular complexity index is 1370. The number of ether oxygens (including phenoxy) is 2. The average Bonchev–Trinajstić information content (AvgIpc) is 3.16. The lowest BCUT2D eigenvalue weighted by atomic mass is 10.1. The van der Waals surface area contributed by atoms with Crippen LogP contribution in [0.4, 0.5) is 0 Å². The van der Waals surface area contributed by atoms with E-state index in [-0.39, 0.29) is 11.7 Å². The van der Waals surface area contributed by atoms with Gasteiger partial charge in [0, 0.05) is 5.56 Å². The smallest absolute Gasteiger partial charge is 0.266 e. The number of amides is 2. The van der Waals surface area contributed by atoms with Crippen molar-refractivity contribution in [3.05, 3.63) is 100 Å². The maximum atomic E-state index is 13.0. The summed E-state index contributed by atoms with van der Waals surface area (Å²) in [7, 11) is 1.46. The molecular formula is C27H21Cl3N2O4S2. The third-order valence-corrected chi connectivity index (χ3v) is 7.36. The topological polar surface area (TPSA) is 67.9 Å². The van der Waals surface area contributed by atoms with E-state index in [1.165, 1.54) is 18.9 Å². The lowest BCUT2D eigenvalue weighted by Gasteiger charge is -2.27. The van der Waals surface area contributed by atoms with Gasteiger partial charge in [-0.1, -0.05) is 113 Å². The van der Waals surface area contributed by atoms with Gasteiger partial charge in [0.2, 0.25) is 10.0 Å². The fourth-order valence-corrected chi connectivity index (χ4v) is 5.07. The van der Waals surface area contributed by atoms with Gasteiger partial charge in [-0.15, -0.1) is 0 Å². The van der Waals surface area contributed by atoms with E-state index < -0.39 is 15.9 Å². The third kappa shape index (κ3) is 7.01. The first-order valence-electron chi connectivity index (χ1n) is 11.2. The number of hydrogen-bond donors (Lipinski definition) is 1. The van der Waals surface area contributed by atoms with Crippen LogP contribution in [-0.2, 0) is 11.3 Å². The molecule has 0 bridgehead atoms. The molecule has 11 heteroatoms. The predicted octanol–water partition coefficient (Wildman–Crippen LogP) is 6.60. The van der Waals surface area contributed by atoms with Gasteiger partial charge in [0.05, 0.1) is 18.6 Å². The minimum Gasteiger partial charge on any atom is -0.493 e. The van der Waals surface area contributed by atoms with E-state index in [1.54, 1.807) is 59.5 Å². The number of nitrogens with zero attached hydrogens (tertiary/aromatic N) is 1. The number of benzene rings is 3. The Morgan fingerprint density at radius 1 is 1.05 bits per heavy atom. The van der Waals surface area contributed by atoms with Crippen LogP contribution in [0.3, 0.4) is 0 Å². The van der Waals surface area contributed by atoms with Crippen LogP contribution >= 0.6 is 58.8 Å². The normalized spacial score (nSPS) is 15.5. The van der Waals surface area contributed by atoms with Gasteiger partial charge in [-0.3, -0.25) is 14.5 Å². The largest absolute Gasteiger partial charge is 0.493 e. The first-order chi connectivity index (χ1) is 18.2. The molecule has 1 N–H and O–H groups in total. The van der Waals surface area contributed by atoms with Crippen molar-refractivity contribution in [2.24, 2.45) is 0 Å². The van der Waals surface area contributed by atoms with Crippen molar-refractivity contribution in [2.45, 2.75) is 16.6 Å². The fraction of sp³-hybridized carbons (Fsp3) is 0.148. The molecule has 1 atom stereocenters. The number of halogens is 3. The number of carbonyl (C=O) groups is 2. The highest BCUT2D eigenvalue weighted by molar-refractivity contribution is 8.26. The molecule has 38 heavy (non-hydrogen) atoms. The van der Waals surface area contributed by atoms with E-state index in [0.29, 0.717) is 32.6 Å². The zero-order valence-corrected chi connectivity index (χ0v) is 23.8. The molecule has 0 unspecified atom stereocenters. The van der Waals surface area contributed by atoms with Crippen molar-refractivity contribution in [3.63, 3.8) is 0 Å². The first kappa shape index (κ1) is 28.3. The molecule has 1 aliphatic rings. The molecule has 0 aromatic heterocycles. The minimum atomic E-state index is -1.99. The number of alkyl halides is 3. The van der Waals surface area contributed by atoms with E-state index in [9.17, 15) is 9.59 Å². The minimum absolute atomic E-state index is 0.178. The van der Waals surface area contributed by atoms with E-state index >= 15 is 0 Å². The second-order valence-corrected chi connectivity index (χ2v) is 12.1. The molecule has 0 saturated carbocycles. The quantitative estimate of drug-likeness (QED) is 0.135. The molecule has 4 rings (SSSR count). The first-order valence-corrected chi connectivity index (χ1v) is 13.6. The highest BCUT2D eigenvalue weighted by atomic mass is 35.6. The Morgan fingerprint density at radius 2 is 1.71 bits per heavy atom. The highest BCUT2D eigenvalue weighted by Crippen LogP contribution is 2.38. The monoisotopic (exact) mass is 606 g/mol. The van der Waals surface area contributed by atoms with E-state index in [4.69, 9.17) is 56.5 Å². The predicted molar refractivity (Wildman–Crippen MR) is 157 cm³/mol. The molecule has 196 valence electrons. The molecule has 0 spiro atoms. The van der Waals surface area contributed by atoms with Gasteiger partial charge in [-0.2, -0.15) is 0 Å². The second kappa shape index (κ2) is 12.4. The Labute approximate surface area is 244 Å². The van der Waals surface area contributed by atoms with Crippen molar-refractivity contribution in [1.82, 2.24) is 10.2 Å². The van der Waals surface area contributed by atoms with Crippen LogP contribution in [-0.4, -0.2) is 38.2 Å². The molecule has 0 aliphatic carbocycles. The molecule has 6 nitrogen and oxygen atoms in total. The molecule has 1 heterocycles. The van der Waals surface area contributed by atoms with Crippen LogP contribution in [0.5, 0.6) is 11.5 Å². The Balaban J connectivity index is 1.52. The Kier molecular flexibility index (Phi) is 9.23. The summed E-state index contributed by atoms with van der Waals surface area (Å²) in [5.41, 5.74) is 2.03. The third-order valence-electron chi connectivity index (χ3n) is 5.38. The van der Waals surface area contributed by atoms with E-state index in [2.05, 4.69) is 5.32 Å². The second-order valence-electron chi connectivity index (χ2n) is 8.04. The lowest BCUT2D eigenvalue weighted by molar-refractivity contribution is -0.122. The van der Waals surface area contributed by atoms with Gasteiger partial charge in [-0.05, 0) is 41.5 Å². The van der Waals surface area contributed by atoms with Gasteiger partial charge in [-0.25, -0.2) is 0 Å². The summed E-state index contributed by atoms with van der Waals surface area (Å²) in [5, 5.41) is 2.59. The SMILES string of the molecule is COc1cc(/C=C2\SC(=S)N(Cc3ccccc3)C2=O)ccc1O[C@H](NC(=O)c1ccccc1)C(Cl)(Cl)Cl. The molecule has 1 aliphatic heterocycles. The molecule has 0 radical (unpaired) electrons. The summed E-state index contributed by atoms with van der Waals surface area (Å²) in [6.07, 6.45) is 0.398. The van der Waals surface area contributed by atoms with Crippen LogP contribution in [0.15, 0.2) is 83.8 Å². The maximum absolute atomic E-state index is 13.0. The van der Waals surface area contributed by atoms with Crippen LogP contribution in [0, 0.1) is 0 Å². The van der Waals surface area contributed by atoms with Gasteiger partial charge >= 0.3 is 0 Å². The van der Waals surface area contributed by atoms with E-state index in [0.717, 1.165) is 5.56 Å². The molecular weight excluding hydrogens is 587 g/mol. The van der Waals surface area contributed by atoms with Gasteiger partial charge < -0.3 is 14.8 Å². The summed E-state index contributed by atoms with van der Waals surface area (Å²) in [5.74, 6) is -0.115. The van der Waals surface area contributed by atoms with E-state index in [1.807, 2.05) is 30.3 Å². The number of hydrogen-bond acceptors (Lipinski definition) is 6.